The first-order chi connectivity index (χ1) is 14.1. The molecule has 0 aliphatic carbocycles. The van der Waals surface area contributed by atoms with E-state index in [4.69, 9.17) is 18.9 Å². The van der Waals surface area contributed by atoms with Crippen molar-refractivity contribution < 1.29 is 23.7 Å². The highest BCUT2D eigenvalue weighted by molar-refractivity contribution is 5.85. The van der Waals surface area contributed by atoms with E-state index in [9.17, 15) is 4.79 Å². The molecule has 1 amide bonds. The first-order valence-electron chi connectivity index (χ1n) is 8.70. The van der Waals surface area contributed by atoms with Crippen LogP contribution >= 0.6 is 0 Å². The number of aromatic nitrogens is 2. The molecule has 9 heteroatoms. The second-order valence-corrected chi connectivity index (χ2v) is 6.03. The monoisotopic (exact) mass is 394 g/mol. The number of carbonyl (C=O) groups excluding carboxylic acids is 1. The van der Waals surface area contributed by atoms with Crippen molar-refractivity contribution in [1.82, 2.24) is 9.97 Å². The van der Waals surface area contributed by atoms with Crippen molar-refractivity contribution in [2.75, 3.05) is 24.9 Å². The quantitative estimate of drug-likeness (QED) is 0.676. The number of ether oxygens (including phenoxy) is 4. The van der Waals surface area contributed by atoms with Crippen LogP contribution in [-0.2, 0) is 0 Å². The lowest BCUT2D eigenvalue weighted by Crippen LogP contribution is -2.18. The van der Waals surface area contributed by atoms with Crippen molar-refractivity contribution in [3.05, 3.63) is 60.4 Å². The number of hydrogen-bond donors (Lipinski definition) is 2. The van der Waals surface area contributed by atoms with Crippen LogP contribution in [0, 0.1) is 0 Å². The minimum absolute atomic E-state index is 0.275. The first kappa shape index (κ1) is 18.4. The van der Waals surface area contributed by atoms with Crippen LogP contribution in [0.2, 0.25) is 0 Å². The Morgan fingerprint density at radius 2 is 1.79 bits per heavy atom. The van der Waals surface area contributed by atoms with Crippen LogP contribution in [0.3, 0.4) is 0 Å². The van der Waals surface area contributed by atoms with Gasteiger partial charge in [-0.3, -0.25) is 5.32 Å². The van der Waals surface area contributed by atoms with Crippen molar-refractivity contribution in [2.24, 2.45) is 0 Å². The third-order valence-electron chi connectivity index (χ3n) is 4.14. The van der Waals surface area contributed by atoms with Gasteiger partial charge in [-0.05, 0) is 24.3 Å². The van der Waals surface area contributed by atoms with Crippen LogP contribution in [0.4, 0.5) is 16.4 Å². The zero-order valence-corrected chi connectivity index (χ0v) is 15.7. The van der Waals surface area contributed by atoms with Gasteiger partial charge in [-0.15, -0.1) is 0 Å². The van der Waals surface area contributed by atoms with E-state index in [0.29, 0.717) is 28.9 Å². The maximum atomic E-state index is 12.3. The highest BCUT2D eigenvalue weighted by atomic mass is 16.6. The number of nitrogens with one attached hydrogen (secondary N) is 2. The van der Waals surface area contributed by atoms with Crippen molar-refractivity contribution in [3.63, 3.8) is 0 Å². The number of nitrogens with zero attached hydrogens (tertiary/aromatic N) is 2. The predicted molar refractivity (Wildman–Crippen MR) is 105 cm³/mol. The number of fused-ring (bicyclic) bond motifs is 1. The number of pyridine rings is 2. The SMILES string of the molecule is COc1cc(OC)cc(OC(=O)Nc2cc(C3Nc4ncccc4O3)ccn2)c1. The Bertz CT molecular complexity index is 996. The lowest BCUT2D eigenvalue weighted by molar-refractivity contribution is 0.214. The number of carbonyl (C=O) groups is 1. The number of hydrogen-bond acceptors (Lipinski definition) is 8. The van der Waals surface area contributed by atoms with Gasteiger partial charge in [0.15, 0.2) is 17.8 Å². The van der Waals surface area contributed by atoms with Gasteiger partial charge in [0.05, 0.1) is 14.2 Å². The first-order valence-corrected chi connectivity index (χ1v) is 8.70. The third kappa shape index (κ3) is 4.13. The molecule has 0 saturated carbocycles. The van der Waals surface area contributed by atoms with Crippen LogP contribution in [-0.4, -0.2) is 30.3 Å². The number of methoxy groups -OCH3 is 2. The molecule has 1 aliphatic rings. The van der Waals surface area contributed by atoms with Crippen LogP contribution in [0.5, 0.6) is 23.0 Å². The van der Waals surface area contributed by atoms with Gasteiger partial charge < -0.3 is 24.3 Å². The Kier molecular flexibility index (Phi) is 5.02. The van der Waals surface area contributed by atoms with E-state index in [1.165, 1.54) is 14.2 Å². The molecule has 0 saturated heterocycles. The average molecular weight is 394 g/mol. The summed E-state index contributed by atoms with van der Waals surface area (Å²) in [5.74, 6) is 2.93. The van der Waals surface area contributed by atoms with Crippen LogP contribution in [0.15, 0.2) is 54.9 Å². The van der Waals surface area contributed by atoms with E-state index >= 15 is 0 Å². The Balaban J connectivity index is 1.44. The molecule has 0 fully saturated rings. The van der Waals surface area contributed by atoms with E-state index in [0.717, 1.165) is 5.56 Å². The molecule has 3 heterocycles. The Labute approximate surface area is 166 Å². The van der Waals surface area contributed by atoms with Gasteiger partial charge in [-0.2, -0.15) is 0 Å². The number of benzene rings is 1. The Hall–Kier alpha value is -4.01. The van der Waals surface area contributed by atoms with Gasteiger partial charge in [0.2, 0.25) is 0 Å². The molecule has 0 bridgehead atoms. The molecular formula is C20H18N4O5. The van der Waals surface area contributed by atoms with Crippen molar-refractivity contribution in [2.45, 2.75) is 6.23 Å². The maximum Gasteiger partial charge on any atom is 0.418 e. The van der Waals surface area contributed by atoms with E-state index in [-0.39, 0.29) is 5.75 Å². The molecule has 1 unspecified atom stereocenters. The highest BCUT2D eigenvalue weighted by Gasteiger charge is 2.24. The van der Waals surface area contributed by atoms with Gasteiger partial charge >= 0.3 is 6.09 Å². The van der Waals surface area contributed by atoms with E-state index in [2.05, 4.69) is 20.6 Å². The second kappa shape index (κ2) is 7.93. The molecule has 1 aromatic carbocycles. The summed E-state index contributed by atoms with van der Waals surface area (Å²) in [6.45, 7) is 0. The molecule has 0 radical (unpaired) electrons. The summed E-state index contributed by atoms with van der Waals surface area (Å²) in [6.07, 6.45) is 2.12. The molecule has 1 atom stereocenters. The zero-order chi connectivity index (χ0) is 20.2. The summed E-state index contributed by atoms with van der Waals surface area (Å²) in [5, 5.41) is 5.76. The normalized spacial score (nSPS) is 14.2. The van der Waals surface area contributed by atoms with E-state index in [1.54, 1.807) is 48.8 Å². The lowest BCUT2D eigenvalue weighted by Gasteiger charge is -2.13. The van der Waals surface area contributed by atoms with Crippen molar-refractivity contribution >= 4 is 17.7 Å². The Morgan fingerprint density at radius 1 is 1.03 bits per heavy atom. The maximum absolute atomic E-state index is 12.3. The fourth-order valence-electron chi connectivity index (χ4n) is 2.78. The molecule has 29 heavy (non-hydrogen) atoms. The smallest absolute Gasteiger partial charge is 0.418 e. The fraction of sp³-hybridized carbons (Fsp3) is 0.150. The summed E-state index contributed by atoms with van der Waals surface area (Å²) >= 11 is 0. The summed E-state index contributed by atoms with van der Waals surface area (Å²) in [7, 11) is 3.03. The van der Waals surface area contributed by atoms with Gasteiger partial charge in [-0.1, -0.05) is 0 Å². The fourth-order valence-corrected chi connectivity index (χ4v) is 2.78. The van der Waals surface area contributed by atoms with Gasteiger partial charge in [0, 0.05) is 36.2 Å². The predicted octanol–water partition coefficient (Wildman–Crippen LogP) is 3.61. The van der Waals surface area contributed by atoms with Gasteiger partial charge in [-0.25, -0.2) is 14.8 Å². The number of anilines is 2. The molecule has 0 spiro atoms. The highest BCUT2D eigenvalue weighted by Crippen LogP contribution is 2.36. The minimum atomic E-state index is -0.699. The topological polar surface area (TPSA) is 104 Å². The van der Waals surface area contributed by atoms with Crippen LogP contribution < -0.4 is 29.6 Å². The molecule has 3 aromatic rings. The lowest BCUT2D eigenvalue weighted by atomic mass is 10.2. The van der Waals surface area contributed by atoms with Crippen molar-refractivity contribution in [1.29, 1.82) is 0 Å². The summed E-state index contributed by atoms with van der Waals surface area (Å²) < 4.78 is 21.5. The van der Waals surface area contributed by atoms with E-state index < -0.39 is 12.3 Å². The van der Waals surface area contributed by atoms with Crippen LogP contribution in [0.1, 0.15) is 11.8 Å². The summed E-state index contributed by atoms with van der Waals surface area (Å²) in [4.78, 5) is 20.6. The van der Waals surface area contributed by atoms with Gasteiger partial charge in [0.1, 0.15) is 23.1 Å². The summed E-state index contributed by atoms with van der Waals surface area (Å²) in [6, 6.07) is 11.9. The molecular weight excluding hydrogens is 376 g/mol. The summed E-state index contributed by atoms with van der Waals surface area (Å²) in [5.41, 5.74) is 0.774. The molecule has 1 aliphatic heterocycles. The molecule has 148 valence electrons. The minimum Gasteiger partial charge on any atom is -0.496 e. The van der Waals surface area contributed by atoms with Crippen molar-refractivity contribution in [3.8, 4) is 23.0 Å². The standard InChI is InChI=1S/C20H18N4O5/c1-26-13-9-14(27-2)11-15(10-13)28-20(25)23-17-8-12(5-7-21-17)19-24-18-16(29-19)4-3-6-22-18/h3-11,19H,1-2H3,(H,22,24)(H,21,23,25). The second-order valence-electron chi connectivity index (χ2n) is 6.03. The molecule has 2 N–H and O–H groups in total. The zero-order valence-electron chi connectivity index (χ0n) is 15.7. The number of rotatable bonds is 5. The van der Waals surface area contributed by atoms with E-state index in [1.807, 2.05) is 6.07 Å². The largest absolute Gasteiger partial charge is 0.496 e. The van der Waals surface area contributed by atoms with Crippen LogP contribution in [0.25, 0.3) is 0 Å². The molecule has 9 nitrogen and oxygen atoms in total. The molecule has 2 aromatic heterocycles. The molecule has 4 rings (SSSR count). The average Bonchev–Trinajstić information content (AvgIpc) is 3.18. The number of amides is 1. The third-order valence-corrected chi connectivity index (χ3v) is 4.14. The van der Waals surface area contributed by atoms with Gasteiger partial charge in [0.25, 0.3) is 0 Å². The Morgan fingerprint density at radius 3 is 2.52 bits per heavy atom.